The summed E-state index contributed by atoms with van der Waals surface area (Å²) in [6, 6.07) is 10.2. The lowest BCUT2D eigenvalue weighted by molar-refractivity contribution is -0.117. The van der Waals surface area contributed by atoms with Gasteiger partial charge in [0.2, 0.25) is 5.91 Å². The van der Waals surface area contributed by atoms with E-state index >= 15 is 0 Å². The van der Waals surface area contributed by atoms with Gasteiger partial charge in [0.25, 0.3) is 0 Å². The molecule has 28 heavy (non-hydrogen) atoms. The van der Waals surface area contributed by atoms with Crippen LogP contribution in [0.3, 0.4) is 0 Å². The number of amides is 1. The van der Waals surface area contributed by atoms with Gasteiger partial charge in [-0.05, 0) is 55.6 Å². The monoisotopic (exact) mass is 397 g/mol. The topological polar surface area (TPSA) is 55.4 Å². The lowest BCUT2D eigenvalue weighted by Gasteiger charge is -2.09. The molecule has 0 aliphatic heterocycles. The number of anilines is 1. The lowest BCUT2D eigenvalue weighted by Crippen LogP contribution is -2.17. The van der Waals surface area contributed by atoms with Crippen LogP contribution in [0.25, 0.3) is 0 Å². The van der Waals surface area contributed by atoms with Crippen LogP contribution in [-0.2, 0) is 22.4 Å². The molecule has 4 rings (SSSR count). The van der Waals surface area contributed by atoms with Crippen molar-refractivity contribution in [3.63, 3.8) is 0 Å². The Morgan fingerprint density at radius 2 is 1.93 bits per heavy atom. The number of ether oxygens (including phenoxy) is 1. The van der Waals surface area contributed by atoms with Crippen molar-refractivity contribution < 1.29 is 14.3 Å². The number of carbonyl (C=O) groups is 2. The largest absolute Gasteiger partial charge is 0.462 e. The van der Waals surface area contributed by atoms with Gasteiger partial charge in [0.15, 0.2) is 0 Å². The quantitative estimate of drug-likeness (QED) is 0.530. The van der Waals surface area contributed by atoms with Crippen LogP contribution in [0.5, 0.6) is 0 Å². The molecule has 2 unspecified atom stereocenters. The summed E-state index contributed by atoms with van der Waals surface area (Å²) < 4.78 is 5.45. The second-order valence-corrected chi connectivity index (χ2v) is 8.86. The molecule has 0 radical (unpaired) electrons. The van der Waals surface area contributed by atoms with Crippen LogP contribution in [-0.4, -0.2) is 18.5 Å². The first-order valence-electron chi connectivity index (χ1n) is 10.4. The number of aryl methyl sites for hydroxylation is 1. The Bertz CT molecular complexity index is 858. The van der Waals surface area contributed by atoms with Crippen LogP contribution in [0, 0.1) is 5.92 Å². The first-order chi connectivity index (χ1) is 13.7. The number of benzene rings is 1. The molecule has 5 heteroatoms. The molecule has 0 bridgehead atoms. The molecule has 4 nitrogen and oxygen atoms in total. The number of hydrogen-bond acceptors (Lipinski definition) is 4. The molecule has 1 aromatic heterocycles. The van der Waals surface area contributed by atoms with Crippen molar-refractivity contribution in [1.29, 1.82) is 0 Å². The molecular weight excluding hydrogens is 370 g/mol. The van der Waals surface area contributed by atoms with E-state index in [-0.39, 0.29) is 23.7 Å². The number of thiophene rings is 1. The third-order valence-corrected chi connectivity index (χ3v) is 6.86. The van der Waals surface area contributed by atoms with Crippen LogP contribution in [0.4, 0.5) is 5.00 Å². The molecule has 1 amide bonds. The minimum Gasteiger partial charge on any atom is -0.462 e. The summed E-state index contributed by atoms with van der Waals surface area (Å²) in [4.78, 5) is 26.9. The highest BCUT2D eigenvalue weighted by molar-refractivity contribution is 7.17. The van der Waals surface area contributed by atoms with Crippen molar-refractivity contribution in [3.05, 3.63) is 51.9 Å². The summed E-state index contributed by atoms with van der Waals surface area (Å²) in [5, 5.41) is 3.78. The predicted octanol–water partition coefficient (Wildman–Crippen LogP) is 5.33. The fourth-order valence-electron chi connectivity index (χ4n) is 4.07. The van der Waals surface area contributed by atoms with Gasteiger partial charge >= 0.3 is 5.97 Å². The average Bonchev–Trinajstić information content (AvgIpc) is 3.48. The summed E-state index contributed by atoms with van der Waals surface area (Å²) in [6.45, 7) is 2.40. The Morgan fingerprint density at radius 1 is 1.14 bits per heavy atom. The third-order valence-electron chi connectivity index (χ3n) is 5.65. The smallest absolute Gasteiger partial charge is 0.341 e. The van der Waals surface area contributed by atoms with Crippen LogP contribution in [0.2, 0.25) is 0 Å². The summed E-state index contributed by atoms with van der Waals surface area (Å²) in [5.74, 6) is 0.0139. The van der Waals surface area contributed by atoms with Crippen molar-refractivity contribution >= 4 is 28.2 Å². The van der Waals surface area contributed by atoms with Crippen molar-refractivity contribution in [1.82, 2.24) is 0 Å². The van der Waals surface area contributed by atoms with Crippen molar-refractivity contribution in [2.75, 3.05) is 11.9 Å². The fraction of sp³-hybridized carbons (Fsp3) is 0.478. The molecule has 0 spiro atoms. The van der Waals surface area contributed by atoms with E-state index in [4.69, 9.17) is 4.74 Å². The minimum absolute atomic E-state index is 0.0104. The number of esters is 1. The number of hydrogen-bond donors (Lipinski definition) is 1. The van der Waals surface area contributed by atoms with E-state index in [9.17, 15) is 9.59 Å². The predicted molar refractivity (Wildman–Crippen MR) is 112 cm³/mol. The van der Waals surface area contributed by atoms with E-state index in [1.165, 1.54) is 16.9 Å². The fourth-order valence-corrected chi connectivity index (χ4v) is 5.35. The molecule has 0 saturated heterocycles. The maximum absolute atomic E-state index is 12.9. The van der Waals surface area contributed by atoms with E-state index in [1.807, 2.05) is 25.1 Å². The van der Waals surface area contributed by atoms with Gasteiger partial charge in [-0.15, -0.1) is 11.3 Å². The zero-order valence-corrected chi connectivity index (χ0v) is 17.1. The van der Waals surface area contributed by atoms with Gasteiger partial charge < -0.3 is 10.1 Å². The van der Waals surface area contributed by atoms with Gasteiger partial charge in [0.05, 0.1) is 12.2 Å². The first-order valence-corrected chi connectivity index (χ1v) is 11.2. The Morgan fingerprint density at radius 3 is 2.71 bits per heavy atom. The Balaban J connectivity index is 1.54. The Kier molecular flexibility index (Phi) is 5.81. The van der Waals surface area contributed by atoms with E-state index in [0.29, 0.717) is 17.2 Å². The highest BCUT2D eigenvalue weighted by Gasteiger charge is 2.44. The molecule has 2 atom stereocenters. The third kappa shape index (κ3) is 4.00. The Labute approximate surface area is 170 Å². The molecule has 1 N–H and O–H groups in total. The molecular formula is C23H27NO3S. The summed E-state index contributed by atoms with van der Waals surface area (Å²) in [5.41, 5.74) is 2.93. The van der Waals surface area contributed by atoms with Crippen molar-refractivity contribution in [2.45, 2.75) is 57.8 Å². The molecule has 148 valence electrons. The number of carbonyl (C=O) groups excluding carboxylic acids is 2. The highest BCUT2D eigenvalue weighted by atomic mass is 32.1. The number of fused-ring (bicyclic) bond motifs is 1. The number of nitrogens with one attached hydrogen (secondary N) is 1. The van der Waals surface area contributed by atoms with E-state index in [0.717, 1.165) is 44.1 Å². The van der Waals surface area contributed by atoms with Crippen LogP contribution >= 0.6 is 11.3 Å². The summed E-state index contributed by atoms with van der Waals surface area (Å²) >= 11 is 1.57. The van der Waals surface area contributed by atoms with Gasteiger partial charge in [-0.2, -0.15) is 0 Å². The molecule has 1 fully saturated rings. The van der Waals surface area contributed by atoms with Gasteiger partial charge in [0, 0.05) is 10.8 Å². The standard InChI is InChI=1S/C23H27NO3S/c1-2-13-27-23(26)20-16-11-7-4-8-12-19(16)28-22(20)24-21(25)18-14-17(18)15-9-5-3-6-10-15/h3,5-6,9-10,17-18H,2,4,7-8,11-14H2,1H3,(H,24,25). The molecule has 1 heterocycles. The van der Waals surface area contributed by atoms with Crippen molar-refractivity contribution in [3.8, 4) is 0 Å². The molecule has 2 aliphatic carbocycles. The van der Waals surface area contributed by atoms with Crippen LogP contribution in [0.15, 0.2) is 30.3 Å². The first kappa shape index (κ1) is 19.2. The maximum Gasteiger partial charge on any atom is 0.341 e. The van der Waals surface area contributed by atoms with Crippen molar-refractivity contribution in [2.24, 2.45) is 5.92 Å². The van der Waals surface area contributed by atoms with Gasteiger partial charge in [-0.25, -0.2) is 4.79 Å². The zero-order chi connectivity index (χ0) is 19.5. The van der Waals surface area contributed by atoms with E-state index in [1.54, 1.807) is 11.3 Å². The molecule has 1 aromatic carbocycles. The van der Waals surface area contributed by atoms with Crippen LogP contribution < -0.4 is 5.32 Å². The lowest BCUT2D eigenvalue weighted by atomic mass is 10.1. The van der Waals surface area contributed by atoms with Crippen LogP contribution in [0.1, 0.15) is 71.3 Å². The normalized spacial score (nSPS) is 20.8. The summed E-state index contributed by atoms with van der Waals surface area (Å²) in [7, 11) is 0. The molecule has 1 saturated carbocycles. The highest BCUT2D eigenvalue weighted by Crippen LogP contribution is 2.48. The maximum atomic E-state index is 12.9. The molecule has 2 aromatic rings. The van der Waals surface area contributed by atoms with Gasteiger partial charge in [-0.1, -0.05) is 43.7 Å². The minimum atomic E-state index is -0.285. The van der Waals surface area contributed by atoms with Gasteiger partial charge in [-0.3, -0.25) is 4.79 Å². The number of rotatable bonds is 6. The second kappa shape index (κ2) is 8.48. The van der Waals surface area contributed by atoms with E-state index < -0.39 is 0 Å². The van der Waals surface area contributed by atoms with Gasteiger partial charge in [0.1, 0.15) is 5.00 Å². The zero-order valence-electron chi connectivity index (χ0n) is 16.3. The summed E-state index contributed by atoms with van der Waals surface area (Å²) in [6.07, 6.45) is 6.96. The van der Waals surface area contributed by atoms with E-state index in [2.05, 4.69) is 17.4 Å². The Hall–Kier alpha value is -2.14. The average molecular weight is 398 g/mol. The molecule has 2 aliphatic rings. The second-order valence-electron chi connectivity index (χ2n) is 7.75. The SMILES string of the molecule is CCCOC(=O)c1c(NC(=O)C2CC2c2ccccc2)sc2c1CCCCC2.